The number of hydrogen-bond acceptors (Lipinski definition) is 4. The monoisotopic (exact) mass is 388 g/mol. The molecule has 2 aromatic rings. The lowest BCUT2D eigenvalue weighted by atomic mass is 10.2. The first-order valence-electron chi connectivity index (χ1n) is 8.40. The first kappa shape index (κ1) is 18.5. The number of aromatic nitrogens is 2. The van der Waals surface area contributed by atoms with E-state index in [0.29, 0.717) is 28.1 Å². The molecule has 0 bridgehead atoms. The lowest BCUT2D eigenvalue weighted by Gasteiger charge is -2.15. The zero-order valence-corrected chi connectivity index (χ0v) is 16.5. The molecule has 0 radical (unpaired) electrons. The van der Waals surface area contributed by atoms with Crippen LogP contribution in [-0.4, -0.2) is 27.1 Å². The maximum Gasteiger partial charge on any atom is 0.229 e. The first-order valence-corrected chi connectivity index (χ1v) is 9.19. The van der Waals surface area contributed by atoms with Gasteiger partial charge in [0.1, 0.15) is 0 Å². The fraction of sp³-hybridized carbons (Fsp3) is 0.333. The molecule has 1 aliphatic rings. The van der Waals surface area contributed by atoms with E-state index in [2.05, 4.69) is 30.9 Å². The van der Waals surface area contributed by atoms with Crippen LogP contribution in [0.15, 0.2) is 29.3 Å². The Bertz CT molecular complexity index is 843. The number of aryl methyl sites for hydroxylation is 3. The maximum absolute atomic E-state index is 6.25. The zero-order valence-electron chi connectivity index (χ0n) is 14.9. The third-order valence-corrected chi connectivity index (χ3v) is 4.19. The van der Waals surface area contributed by atoms with Crippen molar-refractivity contribution in [3.8, 4) is 0 Å². The third kappa shape index (κ3) is 5.37. The number of halogens is 1. The van der Waals surface area contributed by atoms with Gasteiger partial charge in [0, 0.05) is 11.4 Å². The van der Waals surface area contributed by atoms with E-state index in [4.69, 9.17) is 23.8 Å². The average Bonchev–Trinajstić information content (AvgIpc) is 3.33. The first-order chi connectivity index (χ1) is 12.4. The van der Waals surface area contributed by atoms with Crippen molar-refractivity contribution in [2.75, 3.05) is 10.6 Å². The number of guanidine groups is 1. The smallest absolute Gasteiger partial charge is 0.229 e. The van der Waals surface area contributed by atoms with E-state index in [9.17, 15) is 0 Å². The van der Waals surface area contributed by atoms with E-state index in [-0.39, 0.29) is 0 Å². The number of benzene rings is 1. The zero-order chi connectivity index (χ0) is 18.7. The van der Waals surface area contributed by atoms with Crippen molar-refractivity contribution in [1.29, 1.82) is 0 Å². The summed E-state index contributed by atoms with van der Waals surface area (Å²) in [5.74, 6) is 1.02. The molecule has 136 valence electrons. The lowest BCUT2D eigenvalue weighted by molar-refractivity contribution is 1.02. The van der Waals surface area contributed by atoms with Crippen LogP contribution in [-0.2, 0) is 0 Å². The minimum absolute atomic E-state index is 0.307. The highest BCUT2D eigenvalue weighted by Crippen LogP contribution is 2.24. The van der Waals surface area contributed by atoms with E-state index >= 15 is 0 Å². The van der Waals surface area contributed by atoms with Crippen LogP contribution in [0.4, 0.5) is 11.6 Å². The molecule has 1 saturated carbocycles. The molecule has 1 aromatic carbocycles. The van der Waals surface area contributed by atoms with Crippen LogP contribution >= 0.6 is 23.8 Å². The van der Waals surface area contributed by atoms with Crippen LogP contribution in [0.25, 0.3) is 0 Å². The summed E-state index contributed by atoms with van der Waals surface area (Å²) >= 11 is 11.7. The molecule has 0 aliphatic heterocycles. The third-order valence-electron chi connectivity index (χ3n) is 3.68. The van der Waals surface area contributed by atoms with Crippen molar-refractivity contribution >= 4 is 46.5 Å². The van der Waals surface area contributed by atoms with Gasteiger partial charge in [-0.05, 0) is 69.6 Å². The van der Waals surface area contributed by atoms with Gasteiger partial charge in [0.05, 0.1) is 16.8 Å². The van der Waals surface area contributed by atoms with Gasteiger partial charge in [-0.25, -0.2) is 15.0 Å². The van der Waals surface area contributed by atoms with Gasteiger partial charge in [0.15, 0.2) is 5.11 Å². The molecular weight excluding hydrogens is 368 g/mol. The molecule has 0 saturated heterocycles. The van der Waals surface area contributed by atoms with E-state index in [1.165, 1.54) is 0 Å². The van der Waals surface area contributed by atoms with Gasteiger partial charge in [-0.15, -0.1) is 0 Å². The second kappa shape index (κ2) is 7.97. The Balaban J connectivity index is 1.71. The van der Waals surface area contributed by atoms with E-state index in [0.717, 1.165) is 35.5 Å². The highest BCUT2D eigenvalue weighted by atomic mass is 35.5. The lowest BCUT2D eigenvalue weighted by Crippen LogP contribution is -2.39. The van der Waals surface area contributed by atoms with Crippen molar-refractivity contribution in [3.05, 3.63) is 46.2 Å². The Morgan fingerprint density at radius 3 is 2.42 bits per heavy atom. The van der Waals surface area contributed by atoms with Crippen molar-refractivity contribution < 1.29 is 0 Å². The number of rotatable bonds is 3. The fourth-order valence-electron chi connectivity index (χ4n) is 2.35. The molecule has 6 nitrogen and oxygen atoms in total. The predicted octanol–water partition coefficient (Wildman–Crippen LogP) is 3.97. The maximum atomic E-state index is 6.25. The van der Waals surface area contributed by atoms with Crippen molar-refractivity contribution in [2.24, 2.45) is 4.99 Å². The molecule has 0 unspecified atom stereocenters. The van der Waals surface area contributed by atoms with Gasteiger partial charge in [-0.2, -0.15) is 0 Å². The number of hydrogen-bond donors (Lipinski definition) is 3. The molecule has 1 aromatic heterocycles. The minimum Gasteiger partial charge on any atom is -0.331 e. The molecular formula is C18H21ClN6S. The fourth-order valence-corrected chi connectivity index (χ4v) is 2.84. The van der Waals surface area contributed by atoms with Crippen molar-refractivity contribution in [3.63, 3.8) is 0 Å². The summed E-state index contributed by atoms with van der Waals surface area (Å²) in [4.78, 5) is 13.4. The van der Waals surface area contributed by atoms with Gasteiger partial charge < -0.3 is 10.6 Å². The van der Waals surface area contributed by atoms with Crippen LogP contribution < -0.4 is 16.0 Å². The Hall–Kier alpha value is -2.25. The molecule has 3 N–H and O–H groups in total. The molecule has 26 heavy (non-hydrogen) atoms. The van der Waals surface area contributed by atoms with Crippen LogP contribution in [0.1, 0.15) is 29.8 Å². The Morgan fingerprint density at radius 2 is 1.81 bits per heavy atom. The summed E-state index contributed by atoms with van der Waals surface area (Å²) in [6, 6.07) is 7.97. The number of nitrogens with one attached hydrogen (secondary N) is 3. The van der Waals surface area contributed by atoms with Gasteiger partial charge in [-0.1, -0.05) is 17.7 Å². The predicted molar refractivity (Wildman–Crippen MR) is 111 cm³/mol. The van der Waals surface area contributed by atoms with Crippen LogP contribution in [0.3, 0.4) is 0 Å². The van der Waals surface area contributed by atoms with Gasteiger partial charge in [-0.3, -0.25) is 5.32 Å². The number of aliphatic imine (C=N–C) groups is 1. The Labute approximate surface area is 163 Å². The summed E-state index contributed by atoms with van der Waals surface area (Å²) < 4.78 is 0. The standard InChI is InChI=1S/C18H21ClN6S/c1-10-4-7-15(14(19)8-10)23-18(26)25-17(22-13-5-6-13)24-16-20-11(2)9-12(3)21-16/h4,7-9,13H,5-6H2,1-3H3,(H3,20,21,22,23,24,25,26). The number of nitrogens with zero attached hydrogens (tertiary/aromatic N) is 3. The Kier molecular flexibility index (Phi) is 5.68. The average molecular weight is 389 g/mol. The van der Waals surface area contributed by atoms with Gasteiger partial charge >= 0.3 is 0 Å². The number of thiocarbonyl (C=S) groups is 1. The van der Waals surface area contributed by atoms with E-state index < -0.39 is 0 Å². The van der Waals surface area contributed by atoms with Crippen LogP contribution in [0.2, 0.25) is 5.02 Å². The van der Waals surface area contributed by atoms with Gasteiger partial charge in [0.2, 0.25) is 11.9 Å². The molecule has 8 heteroatoms. The normalized spacial score (nSPS) is 14.1. The molecule has 1 fully saturated rings. The topological polar surface area (TPSA) is 74.2 Å². The van der Waals surface area contributed by atoms with E-state index in [1.807, 2.05) is 45.0 Å². The second-order valence-electron chi connectivity index (χ2n) is 6.37. The molecule has 1 aliphatic carbocycles. The van der Waals surface area contributed by atoms with E-state index in [1.54, 1.807) is 0 Å². The van der Waals surface area contributed by atoms with Crippen LogP contribution in [0, 0.1) is 20.8 Å². The van der Waals surface area contributed by atoms with Crippen LogP contribution in [0.5, 0.6) is 0 Å². The SMILES string of the molecule is Cc1ccc(NC(=S)NC(=NC2CC2)Nc2nc(C)cc(C)n2)c(Cl)c1. The summed E-state index contributed by atoms with van der Waals surface area (Å²) in [7, 11) is 0. The highest BCUT2D eigenvalue weighted by Gasteiger charge is 2.22. The molecule has 0 amide bonds. The Morgan fingerprint density at radius 1 is 1.12 bits per heavy atom. The molecule has 3 rings (SSSR count). The molecule has 1 heterocycles. The summed E-state index contributed by atoms with van der Waals surface area (Å²) in [5.41, 5.74) is 3.60. The quantitative estimate of drug-likeness (QED) is 0.419. The van der Waals surface area contributed by atoms with Crippen molar-refractivity contribution in [1.82, 2.24) is 15.3 Å². The summed E-state index contributed by atoms with van der Waals surface area (Å²) in [6.45, 7) is 5.84. The largest absolute Gasteiger partial charge is 0.331 e. The van der Waals surface area contributed by atoms with Crippen molar-refractivity contribution in [2.45, 2.75) is 39.7 Å². The highest BCUT2D eigenvalue weighted by molar-refractivity contribution is 7.80. The minimum atomic E-state index is 0.307. The molecule has 0 atom stereocenters. The summed E-state index contributed by atoms with van der Waals surface area (Å²) in [6.07, 6.45) is 2.15. The number of anilines is 2. The second-order valence-corrected chi connectivity index (χ2v) is 7.19. The molecule has 0 spiro atoms. The van der Waals surface area contributed by atoms with Gasteiger partial charge in [0.25, 0.3) is 0 Å². The summed E-state index contributed by atoms with van der Waals surface area (Å²) in [5, 5.41) is 10.3.